The Kier molecular flexibility index (Phi) is 2.64. The molecule has 2 aromatic rings. The van der Waals surface area contributed by atoms with Crippen LogP contribution in [0.2, 0.25) is 0 Å². The SMILES string of the molecule is Nc1nc(N)nc(OCc2cccs2)n1. The molecule has 0 radical (unpaired) electrons. The van der Waals surface area contributed by atoms with Gasteiger partial charge in [0.05, 0.1) is 0 Å². The molecule has 2 rings (SSSR count). The number of rotatable bonds is 3. The van der Waals surface area contributed by atoms with Gasteiger partial charge in [-0.05, 0) is 11.4 Å². The molecule has 0 saturated heterocycles. The van der Waals surface area contributed by atoms with Crippen molar-refractivity contribution < 1.29 is 4.74 Å². The van der Waals surface area contributed by atoms with E-state index >= 15 is 0 Å². The van der Waals surface area contributed by atoms with Crippen molar-refractivity contribution in [3.05, 3.63) is 22.4 Å². The molecule has 0 amide bonds. The third kappa shape index (κ3) is 2.53. The summed E-state index contributed by atoms with van der Waals surface area (Å²) < 4.78 is 5.30. The number of hydrogen-bond donors (Lipinski definition) is 2. The number of ether oxygens (including phenoxy) is 1. The van der Waals surface area contributed by atoms with Gasteiger partial charge in [-0.15, -0.1) is 11.3 Å². The summed E-state index contributed by atoms with van der Waals surface area (Å²) in [6.45, 7) is 0.403. The monoisotopic (exact) mass is 223 g/mol. The van der Waals surface area contributed by atoms with Gasteiger partial charge in [0.1, 0.15) is 6.61 Å². The first kappa shape index (κ1) is 9.66. The Morgan fingerprint density at radius 2 is 1.93 bits per heavy atom. The molecule has 0 spiro atoms. The van der Waals surface area contributed by atoms with E-state index in [2.05, 4.69) is 15.0 Å². The molecule has 0 atom stereocenters. The van der Waals surface area contributed by atoms with E-state index in [0.29, 0.717) is 6.61 Å². The second-order valence-corrected chi connectivity index (χ2v) is 3.73. The van der Waals surface area contributed by atoms with E-state index in [9.17, 15) is 0 Å². The number of thiophene rings is 1. The van der Waals surface area contributed by atoms with E-state index in [1.54, 1.807) is 11.3 Å². The maximum absolute atomic E-state index is 5.39. The van der Waals surface area contributed by atoms with Crippen LogP contribution in [0.3, 0.4) is 0 Å². The lowest BCUT2D eigenvalue weighted by molar-refractivity contribution is 0.284. The maximum Gasteiger partial charge on any atom is 0.323 e. The Labute approximate surface area is 89.9 Å². The van der Waals surface area contributed by atoms with Crippen LogP contribution in [0.25, 0.3) is 0 Å². The number of nitrogen functional groups attached to an aromatic ring is 2. The molecule has 6 nitrogen and oxygen atoms in total. The standard InChI is InChI=1S/C8H9N5OS/c9-6-11-7(10)13-8(12-6)14-4-5-2-1-3-15-5/h1-3H,4H2,(H4,9,10,11,12,13). The molecule has 0 bridgehead atoms. The van der Waals surface area contributed by atoms with Gasteiger partial charge in [-0.1, -0.05) is 6.07 Å². The number of hydrogen-bond acceptors (Lipinski definition) is 7. The van der Waals surface area contributed by atoms with Crippen LogP contribution in [-0.2, 0) is 6.61 Å². The van der Waals surface area contributed by atoms with Gasteiger partial charge in [-0.2, -0.15) is 15.0 Å². The number of aromatic nitrogens is 3. The van der Waals surface area contributed by atoms with E-state index in [1.807, 2.05) is 17.5 Å². The molecule has 4 N–H and O–H groups in total. The summed E-state index contributed by atoms with van der Waals surface area (Å²) in [6.07, 6.45) is 0. The van der Waals surface area contributed by atoms with E-state index in [0.717, 1.165) is 4.88 Å². The summed E-state index contributed by atoms with van der Waals surface area (Å²) in [7, 11) is 0. The summed E-state index contributed by atoms with van der Waals surface area (Å²) in [5.74, 6) is 0.118. The van der Waals surface area contributed by atoms with Crippen LogP contribution in [0.1, 0.15) is 4.88 Å². The summed E-state index contributed by atoms with van der Waals surface area (Å²) in [4.78, 5) is 12.3. The van der Waals surface area contributed by atoms with Gasteiger partial charge in [0.15, 0.2) is 0 Å². The summed E-state index contributed by atoms with van der Waals surface area (Å²) in [5.41, 5.74) is 10.8. The minimum Gasteiger partial charge on any atom is -0.458 e. The van der Waals surface area contributed by atoms with Gasteiger partial charge in [-0.3, -0.25) is 0 Å². The van der Waals surface area contributed by atoms with Crippen molar-refractivity contribution in [1.82, 2.24) is 15.0 Å². The predicted molar refractivity (Wildman–Crippen MR) is 57.3 cm³/mol. The van der Waals surface area contributed by atoms with Crippen LogP contribution < -0.4 is 16.2 Å². The average molecular weight is 223 g/mol. The molecular weight excluding hydrogens is 214 g/mol. The zero-order chi connectivity index (χ0) is 10.7. The number of nitrogens with zero attached hydrogens (tertiary/aromatic N) is 3. The molecule has 7 heteroatoms. The zero-order valence-corrected chi connectivity index (χ0v) is 8.57. The van der Waals surface area contributed by atoms with Gasteiger partial charge in [-0.25, -0.2) is 0 Å². The molecule has 15 heavy (non-hydrogen) atoms. The molecule has 2 heterocycles. The van der Waals surface area contributed by atoms with Gasteiger partial charge in [0.25, 0.3) is 0 Å². The fourth-order valence-electron chi connectivity index (χ4n) is 0.983. The second kappa shape index (κ2) is 4.09. The molecule has 0 aliphatic carbocycles. The smallest absolute Gasteiger partial charge is 0.323 e. The Hall–Kier alpha value is -1.89. The van der Waals surface area contributed by atoms with Gasteiger partial charge >= 0.3 is 6.01 Å². The molecule has 78 valence electrons. The van der Waals surface area contributed by atoms with Crippen LogP contribution in [0.5, 0.6) is 6.01 Å². The maximum atomic E-state index is 5.39. The first-order valence-corrected chi connectivity index (χ1v) is 5.04. The zero-order valence-electron chi connectivity index (χ0n) is 7.75. The lowest BCUT2D eigenvalue weighted by atomic mass is 10.5. The van der Waals surface area contributed by atoms with Crippen LogP contribution in [-0.4, -0.2) is 15.0 Å². The van der Waals surface area contributed by atoms with Gasteiger partial charge < -0.3 is 16.2 Å². The molecular formula is C8H9N5OS. The highest BCUT2D eigenvalue weighted by atomic mass is 32.1. The van der Waals surface area contributed by atoms with E-state index in [4.69, 9.17) is 16.2 Å². The first-order valence-electron chi connectivity index (χ1n) is 4.16. The minimum atomic E-state index is 0.0590. The quantitative estimate of drug-likeness (QED) is 0.793. The minimum absolute atomic E-state index is 0.0590. The van der Waals surface area contributed by atoms with Crippen molar-refractivity contribution in [3.63, 3.8) is 0 Å². The van der Waals surface area contributed by atoms with E-state index in [-0.39, 0.29) is 17.9 Å². The van der Waals surface area contributed by atoms with Crippen molar-refractivity contribution >= 4 is 23.2 Å². The Bertz CT molecular complexity index is 424. The van der Waals surface area contributed by atoms with Crippen molar-refractivity contribution in [2.24, 2.45) is 0 Å². The fourth-order valence-corrected chi connectivity index (χ4v) is 1.60. The molecule has 0 unspecified atom stereocenters. The highest BCUT2D eigenvalue weighted by molar-refractivity contribution is 7.09. The van der Waals surface area contributed by atoms with Crippen LogP contribution >= 0.6 is 11.3 Å². The summed E-state index contributed by atoms with van der Waals surface area (Å²) >= 11 is 1.59. The Morgan fingerprint density at radius 3 is 2.53 bits per heavy atom. The third-order valence-corrected chi connectivity index (χ3v) is 2.42. The van der Waals surface area contributed by atoms with Gasteiger partial charge in [0.2, 0.25) is 11.9 Å². The lowest BCUT2D eigenvalue weighted by Crippen LogP contribution is -2.06. The van der Waals surface area contributed by atoms with Crippen molar-refractivity contribution in [2.75, 3.05) is 11.5 Å². The number of nitrogens with two attached hydrogens (primary N) is 2. The van der Waals surface area contributed by atoms with Gasteiger partial charge in [0, 0.05) is 4.88 Å². The second-order valence-electron chi connectivity index (χ2n) is 2.70. The molecule has 2 aromatic heterocycles. The molecule has 0 aliphatic heterocycles. The van der Waals surface area contributed by atoms with Crippen molar-refractivity contribution in [1.29, 1.82) is 0 Å². The largest absolute Gasteiger partial charge is 0.458 e. The first-order chi connectivity index (χ1) is 7.24. The lowest BCUT2D eigenvalue weighted by Gasteiger charge is -2.03. The molecule has 0 fully saturated rings. The van der Waals surface area contributed by atoms with E-state index in [1.165, 1.54) is 0 Å². The average Bonchev–Trinajstić information content (AvgIpc) is 2.65. The summed E-state index contributed by atoms with van der Waals surface area (Å²) in [5, 5.41) is 1.97. The summed E-state index contributed by atoms with van der Waals surface area (Å²) in [6, 6.07) is 4.05. The molecule has 0 aromatic carbocycles. The Balaban J connectivity index is 2.05. The topological polar surface area (TPSA) is 99.9 Å². The highest BCUT2D eigenvalue weighted by Gasteiger charge is 2.03. The van der Waals surface area contributed by atoms with Crippen LogP contribution in [0.4, 0.5) is 11.9 Å². The Morgan fingerprint density at radius 1 is 1.20 bits per heavy atom. The molecule has 0 aliphatic rings. The molecule has 0 saturated carbocycles. The van der Waals surface area contributed by atoms with Crippen LogP contribution in [0, 0.1) is 0 Å². The van der Waals surface area contributed by atoms with Crippen molar-refractivity contribution in [2.45, 2.75) is 6.61 Å². The van der Waals surface area contributed by atoms with E-state index < -0.39 is 0 Å². The predicted octanol–water partition coefficient (Wildman–Crippen LogP) is 0.676. The van der Waals surface area contributed by atoms with Crippen molar-refractivity contribution in [3.8, 4) is 6.01 Å². The number of anilines is 2. The normalized spacial score (nSPS) is 10.1. The fraction of sp³-hybridized carbons (Fsp3) is 0.125. The third-order valence-electron chi connectivity index (χ3n) is 1.57. The highest BCUT2D eigenvalue weighted by Crippen LogP contribution is 2.12. The van der Waals surface area contributed by atoms with Crippen LogP contribution in [0.15, 0.2) is 17.5 Å².